The van der Waals surface area contributed by atoms with Crippen LogP contribution in [0.1, 0.15) is 6.92 Å². The number of hydrazone groups is 1. The highest BCUT2D eigenvalue weighted by Crippen LogP contribution is 2.13. The number of carbonyl (C=O) groups excluding carboxylic acids is 2. The Kier molecular flexibility index (Phi) is 5.13. The van der Waals surface area contributed by atoms with Crippen molar-refractivity contribution in [2.45, 2.75) is 6.92 Å². The van der Waals surface area contributed by atoms with E-state index in [2.05, 4.69) is 20.6 Å². The quantitative estimate of drug-likeness (QED) is 0.496. The molecule has 0 spiro atoms. The first kappa shape index (κ1) is 14.0. The molecule has 0 atom stereocenters. The lowest BCUT2D eigenvalue weighted by molar-refractivity contribution is -0.132. The van der Waals surface area contributed by atoms with Gasteiger partial charge in [0.15, 0.2) is 0 Å². The molecule has 1 rings (SSSR count). The molecule has 0 saturated heterocycles. The number of halogens is 1. The predicted octanol–water partition coefficient (Wildman–Crippen LogP) is 1.78. The molecule has 96 valence electrons. The molecular formula is C11H12ClN3O3. The van der Waals surface area contributed by atoms with Gasteiger partial charge in [0.05, 0.1) is 12.8 Å². The molecule has 0 aliphatic heterocycles. The van der Waals surface area contributed by atoms with E-state index in [1.54, 1.807) is 24.3 Å². The zero-order valence-corrected chi connectivity index (χ0v) is 10.6. The van der Waals surface area contributed by atoms with Crippen LogP contribution in [0.5, 0.6) is 0 Å². The van der Waals surface area contributed by atoms with Crippen LogP contribution in [0.25, 0.3) is 0 Å². The number of carbonyl (C=O) groups is 2. The number of methoxy groups -OCH3 is 1. The van der Waals surface area contributed by atoms with Crippen LogP contribution in [-0.2, 0) is 14.3 Å². The fraction of sp³-hybridized carbons (Fsp3) is 0.182. The molecule has 0 radical (unpaired) electrons. The molecule has 0 aliphatic carbocycles. The minimum Gasteiger partial charge on any atom is -0.464 e. The number of benzene rings is 1. The van der Waals surface area contributed by atoms with Gasteiger partial charge in [-0.3, -0.25) is 10.2 Å². The van der Waals surface area contributed by atoms with Crippen LogP contribution in [0, 0.1) is 0 Å². The molecule has 7 heteroatoms. The highest BCUT2D eigenvalue weighted by Gasteiger charge is 2.07. The molecule has 1 amide bonds. The maximum atomic E-state index is 10.9. The Morgan fingerprint density at radius 1 is 1.22 bits per heavy atom. The number of anilines is 2. The minimum absolute atomic E-state index is 0.150. The molecular weight excluding hydrogens is 258 g/mol. The number of nitrogens with one attached hydrogen (secondary N) is 2. The largest absolute Gasteiger partial charge is 0.464 e. The summed E-state index contributed by atoms with van der Waals surface area (Å²) in [5.41, 5.74) is 3.86. The van der Waals surface area contributed by atoms with Gasteiger partial charge in [-0.15, -0.1) is 0 Å². The molecule has 2 N–H and O–H groups in total. The zero-order valence-electron chi connectivity index (χ0n) is 9.86. The molecule has 1 aromatic rings. The monoisotopic (exact) mass is 269 g/mol. The maximum absolute atomic E-state index is 10.9. The van der Waals surface area contributed by atoms with E-state index in [0.29, 0.717) is 11.4 Å². The lowest BCUT2D eigenvalue weighted by atomic mass is 10.3. The van der Waals surface area contributed by atoms with Crippen LogP contribution >= 0.6 is 11.6 Å². The van der Waals surface area contributed by atoms with Crippen LogP contribution in [-0.4, -0.2) is 24.2 Å². The number of rotatable bonds is 4. The molecule has 0 aliphatic rings. The van der Waals surface area contributed by atoms with Crippen LogP contribution in [0.3, 0.4) is 0 Å². The van der Waals surface area contributed by atoms with E-state index in [1.165, 1.54) is 14.0 Å². The summed E-state index contributed by atoms with van der Waals surface area (Å²) in [6.07, 6.45) is 0. The summed E-state index contributed by atoms with van der Waals surface area (Å²) in [6, 6.07) is 6.73. The van der Waals surface area contributed by atoms with Gasteiger partial charge in [-0.1, -0.05) is 11.6 Å². The van der Waals surface area contributed by atoms with Crippen LogP contribution in [0.2, 0.25) is 0 Å². The number of hydrogen-bond donors (Lipinski definition) is 2. The van der Waals surface area contributed by atoms with Gasteiger partial charge >= 0.3 is 5.97 Å². The topological polar surface area (TPSA) is 79.8 Å². The minimum atomic E-state index is -0.723. The standard InChI is InChI=1S/C11H12ClN3O3/c1-7(16)13-8-3-5-9(6-4-8)14-15-10(12)11(17)18-2/h3-6,14H,1-2H3,(H,13,16)/b15-10-. The van der Waals surface area contributed by atoms with Gasteiger partial charge in [-0.25, -0.2) is 4.79 Å². The number of esters is 1. The normalized spacial score (nSPS) is 10.7. The van der Waals surface area contributed by atoms with Gasteiger partial charge in [0.2, 0.25) is 11.1 Å². The molecule has 0 heterocycles. The number of amides is 1. The van der Waals surface area contributed by atoms with Crippen LogP contribution < -0.4 is 10.7 Å². The van der Waals surface area contributed by atoms with Crippen molar-refractivity contribution in [1.29, 1.82) is 0 Å². The van der Waals surface area contributed by atoms with E-state index in [-0.39, 0.29) is 11.1 Å². The molecule has 0 unspecified atom stereocenters. The van der Waals surface area contributed by atoms with Gasteiger partial charge in [-0.2, -0.15) is 5.10 Å². The molecule has 0 aromatic heterocycles. The Morgan fingerprint density at radius 3 is 2.28 bits per heavy atom. The second-order valence-electron chi connectivity index (χ2n) is 3.26. The molecule has 0 saturated carbocycles. The summed E-state index contributed by atoms with van der Waals surface area (Å²) in [5, 5.41) is 5.95. The van der Waals surface area contributed by atoms with Gasteiger partial charge in [0, 0.05) is 12.6 Å². The first-order chi connectivity index (χ1) is 8.52. The Balaban J connectivity index is 2.64. The Labute approximate surface area is 109 Å². The average Bonchev–Trinajstić information content (AvgIpc) is 2.36. The second-order valence-corrected chi connectivity index (χ2v) is 3.62. The maximum Gasteiger partial charge on any atom is 0.370 e. The van der Waals surface area contributed by atoms with Crippen molar-refractivity contribution in [2.24, 2.45) is 5.10 Å². The van der Waals surface area contributed by atoms with Crippen LogP contribution in [0.15, 0.2) is 29.4 Å². The molecule has 0 fully saturated rings. The van der Waals surface area contributed by atoms with E-state index in [9.17, 15) is 9.59 Å². The Bertz CT molecular complexity index is 471. The summed E-state index contributed by atoms with van der Waals surface area (Å²) < 4.78 is 4.37. The van der Waals surface area contributed by atoms with E-state index in [0.717, 1.165) is 0 Å². The van der Waals surface area contributed by atoms with Crippen molar-refractivity contribution >= 4 is 40.0 Å². The van der Waals surface area contributed by atoms with Gasteiger partial charge < -0.3 is 10.1 Å². The first-order valence-corrected chi connectivity index (χ1v) is 5.36. The van der Waals surface area contributed by atoms with E-state index < -0.39 is 5.97 Å². The highest BCUT2D eigenvalue weighted by atomic mass is 35.5. The lowest BCUT2D eigenvalue weighted by Gasteiger charge is -2.04. The van der Waals surface area contributed by atoms with Crippen molar-refractivity contribution in [1.82, 2.24) is 0 Å². The third-order valence-corrected chi connectivity index (χ3v) is 2.08. The average molecular weight is 270 g/mol. The Morgan fingerprint density at radius 2 is 1.78 bits per heavy atom. The fourth-order valence-corrected chi connectivity index (χ4v) is 1.19. The van der Waals surface area contributed by atoms with Crippen LogP contribution in [0.4, 0.5) is 11.4 Å². The molecule has 0 bridgehead atoms. The second kappa shape index (κ2) is 6.61. The summed E-state index contributed by atoms with van der Waals surface area (Å²) in [7, 11) is 1.21. The van der Waals surface area contributed by atoms with Crippen molar-refractivity contribution in [3.05, 3.63) is 24.3 Å². The van der Waals surface area contributed by atoms with Crippen molar-refractivity contribution < 1.29 is 14.3 Å². The van der Waals surface area contributed by atoms with Crippen molar-refractivity contribution in [3.63, 3.8) is 0 Å². The lowest BCUT2D eigenvalue weighted by Crippen LogP contribution is -2.11. The zero-order chi connectivity index (χ0) is 13.5. The molecule has 18 heavy (non-hydrogen) atoms. The fourth-order valence-electron chi connectivity index (χ4n) is 1.07. The summed E-state index contributed by atoms with van der Waals surface area (Å²) in [5.74, 6) is -0.874. The SMILES string of the molecule is COC(=O)/C(Cl)=N/Nc1ccc(NC(C)=O)cc1. The first-order valence-electron chi connectivity index (χ1n) is 4.98. The van der Waals surface area contributed by atoms with Crippen molar-refractivity contribution in [2.75, 3.05) is 17.9 Å². The number of ether oxygens (including phenoxy) is 1. The Hall–Kier alpha value is -2.08. The summed E-state index contributed by atoms with van der Waals surface area (Å²) >= 11 is 5.54. The summed E-state index contributed by atoms with van der Waals surface area (Å²) in [6.45, 7) is 1.42. The predicted molar refractivity (Wildman–Crippen MR) is 69.7 cm³/mol. The number of nitrogens with zero attached hydrogens (tertiary/aromatic N) is 1. The highest BCUT2D eigenvalue weighted by molar-refractivity contribution is 6.82. The van der Waals surface area contributed by atoms with E-state index in [1.807, 2.05) is 0 Å². The smallest absolute Gasteiger partial charge is 0.370 e. The molecule has 1 aromatic carbocycles. The number of hydrogen-bond acceptors (Lipinski definition) is 5. The van der Waals surface area contributed by atoms with Gasteiger partial charge in [-0.05, 0) is 24.3 Å². The van der Waals surface area contributed by atoms with Crippen molar-refractivity contribution in [3.8, 4) is 0 Å². The van der Waals surface area contributed by atoms with E-state index >= 15 is 0 Å². The van der Waals surface area contributed by atoms with E-state index in [4.69, 9.17) is 11.6 Å². The van der Waals surface area contributed by atoms with Gasteiger partial charge in [0.1, 0.15) is 0 Å². The third-order valence-electron chi connectivity index (χ3n) is 1.84. The summed E-state index contributed by atoms with van der Waals surface area (Å²) in [4.78, 5) is 21.7. The molecule has 6 nitrogen and oxygen atoms in total. The third kappa shape index (κ3) is 4.42. The van der Waals surface area contributed by atoms with Gasteiger partial charge in [0.25, 0.3) is 0 Å².